The van der Waals surface area contributed by atoms with Crippen LogP contribution >= 0.6 is 0 Å². The molecule has 3 N–H and O–H groups in total. The average molecular weight is 220 g/mol. The van der Waals surface area contributed by atoms with Gasteiger partial charge < -0.3 is 11.1 Å². The maximum atomic E-state index is 13.1. The number of carbonyl (C=O) groups is 1. The van der Waals surface area contributed by atoms with Crippen LogP contribution in [0.15, 0.2) is 18.2 Å². The summed E-state index contributed by atoms with van der Waals surface area (Å²) >= 11 is 0. The van der Waals surface area contributed by atoms with Gasteiger partial charge in [-0.25, -0.2) is 4.39 Å². The second kappa shape index (κ2) is 4.23. The van der Waals surface area contributed by atoms with Gasteiger partial charge in [0.1, 0.15) is 5.82 Å². The number of carbonyl (C=O) groups excluding carboxylic acids is 1. The first-order chi connectivity index (χ1) is 7.37. The predicted molar refractivity (Wildman–Crippen MR) is 61.2 cm³/mol. The van der Waals surface area contributed by atoms with Crippen LogP contribution in [0.25, 0.3) is 0 Å². The molecule has 3 nitrogen and oxygen atoms in total. The fraction of sp³-hybridized carbons (Fsp3) is 0.250. The molecule has 0 aromatic heterocycles. The van der Waals surface area contributed by atoms with Crippen molar-refractivity contribution in [2.75, 3.05) is 5.73 Å². The molecule has 0 atom stereocenters. The molecule has 1 aromatic carbocycles. The maximum Gasteiger partial charge on any atom is 0.254 e. The summed E-state index contributed by atoms with van der Waals surface area (Å²) in [6.45, 7) is 3.33. The lowest BCUT2D eigenvalue weighted by molar-refractivity contribution is 0.0930. The molecular formula is C12H13FN2O. The molecule has 84 valence electrons. The van der Waals surface area contributed by atoms with Crippen LogP contribution in [0, 0.1) is 18.2 Å². The van der Waals surface area contributed by atoms with Gasteiger partial charge in [0.05, 0.1) is 16.8 Å². The molecule has 16 heavy (non-hydrogen) atoms. The number of terminal acetylenes is 1. The zero-order valence-corrected chi connectivity index (χ0v) is 9.17. The second-order valence-corrected chi connectivity index (χ2v) is 3.92. The van der Waals surface area contributed by atoms with Crippen molar-refractivity contribution in [2.45, 2.75) is 19.4 Å². The molecule has 0 aliphatic rings. The van der Waals surface area contributed by atoms with Crippen molar-refractivity contribution in [1.29, 1.82) is 0 Å². The van der Waals surface area contributed by atoms with E-state index in [2.05, 4.69) is 11.2 Å². The van der Waals surface area contributed by atoms with Crippen LogP contribution in [-0.4, -0.2) is 11.4 Å². The third-order valence-corrected chi connectivity index (χ3v) is 2.08. The summed E-state index contributed by atoms with van der Waals surface area (Å²) in [6.07, 6.45) is 5.23. The molecule has 0 radical (unpaired) electrons. The molecule has 0 fully saturated rings. The van der Waals surface area contributed by atoms with Crippen molar-refractivity contribution in [3.8, 4) is 12.3 Å². The fourth-order valence-corrected chi connectivity index (χ4v) is 1.12. The molecule has 0 spiro atoms. The van der Waals surface area contributed by atoms with Crippen LogP contribution in [0.1, 0.15) is 24.2 Å². The lowest BCUT2D eigenvalue weighted by Crippen LogP contribution is -2.42. The number of nitrogens with two attached hydrogens (primary N) is 1. The Morgan fingerprint density at radius 1 is 1.56 bits per heavy atom. The van der Waals surface area contributed by atoms with Crippen LogP contribution in [0.2, 0.25) is 0 Å². The van der Waals surface area contributed by atoms with Gasteiger partial charge in [-0.1, -0.05) is 12.0 Å². The van der Waals surface area contributed by atoms with E-state index in [1.54, 1.807) is 13.8 Å². The quantitative estimate of drug-likeness (QED) is 0.587. The Morgan fingerprint density at radius 2 is 2.19 bits per heavy atom. The average Bonchev–Trinajstić information content (AvgIpc) is 2.21. The summed E-state index contributed by atoms with van der Waals surface area (Å²) in [5.74, 6) is 1.30. The zero-order chi connectivity index (χ0) is 12.3. The second-order valence-electron chi connectivity index (χ2n) is 3.92. The molecule has 0 bridgehead atoms. The van der Waals surface area contributed by atoms with Gasteiger partial charge in [0, 0.05) is 0 Å². The molecule has 0 aliphatic carbocycles. The van der Waals surface area contributed by atoms with Gasteiger partial charge in [0.25, 0.3) is 5.91 Å². The number of nitrogens with one attached hydrogen (secondary N) is 1. The van der Waals surface area contributed by atoms with E-state index in [1.165, 1.54) is 18.2 Å². The van der Waals surface area contributed by atoms with E-state index in [9.17, 15) is 9.18 Å². The largest absolute Gasteiger partial charge is 0.396 e. The van der Waals surface area contributed by atoms with Gasteiger partial charge in [-0.3, -0.25) is 4.79 Å². The highest BCUT2D eigenvalue weighted by molar-refractivity contribution is 5.99. The molecule has 1 amide bonds. The number of nitrogen functional groups attached to an aromatic ring is 1. The van der Waals surface area contributed by atoms with Crippen molar-refractivity contribution in [3.05, 3.63) is 29.6 Å². The van der Waals surface area contributed by atoms with Crippen molar-refractivity contribution in [2.24, 2.45) is 0 Å². The van der Waals surface area contributed by atoms with Gasteiger partial charge in [0.15, 0.2) is 0 Å². The van der Waals surface area contributed by atoms with Crippen molar-refractivity contribution in [1.82, 2.24) is 5.32 Å². The number of benzene rings is 1. The molecule has 0 unspecified atom stereocenters. The summed E-state index contributed by atoms with van der Waals surface area (Å²) < 4.78 is 13.1. The van der Waals surface area contributed by atoms with Crippen molar-refractivity contribution < 1.29 is 9.18 Å². The Kier molecular flexibility index (Phi) is 3.19. The highest BCUT2D eigenvalue weighted by Gasteiger charge is 2.20. The van der Waals surface area contributed by atoms with Crippen LogP contribution in [0.5, 0.6) is 0 Å². The Labute approximate surface area is 93.8 Å². The van der Waals surface area contributed by atoms with Gasteiger partial charge >= 0.3 is 0 Å². The molecule has 0 saturated heterocycles. The zero-order valence-electron chi connectivity index (χ0n) is 9.17. The van der Waals surface area contributed by atoms with Crippen LogP contribution in [0.3, 0.4) is 0 Å². The Hall–Kier alpha value is -2.02. The highest BCUT2D eigenvalue weighted by Crippen LogP contribution is 2.16. The van der Waals surface area contributed by atoms with E-state index in [4.69, 9.17) is 12.2 Å². The lowest BCUT2D eigenvalue weighted by Gasteiger charge is -2.20. The molecule has 1 rings (SSSR count). The number of para-hydroxylation sites is 1. The smallest absolute Gasteiger partial charge is 0.254 e. The fourth-order valence-electron chi connectivity index (χ4n) is 1.12. The standard InChI is InChI=1S/C12H13FN2O/c1-4-12(2,3)15-11(16)8-6-5-7-9(13)10(8)14/h1,5-7H,14H2,2-3H3,(H,15,16). The first kappa shape index (κ1) is 12.1. The minimum absolute atomic E-state index is 0.0864. The number of halogens is 1. The summed E-state index contributed by atoms with van der Waals surface area (Å²) in [5.41, 5.74) is 4.57. The van der Waals surface area contributed by atoms with Gasteiger partial charge in [-0.2, -0.15) is 0 Å². The number of hydrogen-bond acceptors (Lipinski definition) is 2. The van der Waals surface area contributed by atoms with Gasteiger partial charge in [0.2, 0.25) is 0 Å². The van der Waals surface area contributed by atoms with Crippen LogP contribution < -0.4 is 11.1 Å². The first-order valence-electron chi connectivity index (χ1n) is 4.71. The predicted octanol–water partition coefficient (Wildman–Crippen LogP) is 1.55. The van der Waals surface area contributed by atoms with Crippen molar-refractivity contribution in [3.63, 3.8) is 0 Å². The Balaban J connectivity index is 2.99. The normalized spacial score (nSPS) is 10.6. The molecule has 1 aromatic rings. The molecule has 0 heterocycles. The SMILES string of the molecule is C#CC(C)(C)NC(=O)c1cccc(F)c1N. The molecular weight excluding hydrogens is 207 g/mol. The number of anilines is 1. The van der Waals surface area contributed by atoms with E-state index in [1.807, 2.05) is 0 Å². The maximum absolute atomic E-state index is 13.1. The minimum Gasteiger partial charge on any atom is -0.396 e. The monoisotopic (exact) mass is 220 g/mol. The summed E-state index contributed by atoms with van der Waals surface area (Å²) in [4.78, 5) is 11.7. The van der Waals surface area contributed by atoms with E-state index in [0.29, 0.717) is 0 Å². The summed E-state index contributed by atoms with van der Waals surface area (Å²) in [5, 5.41) is 2.57. The number of rotatable bonds is 2. The Morgan fingerprint density at radius 3 is 2.75 bits per heavy atom. The minimum atomic E-state index is -0.796. The van der Waals surface area contributed by atoms with E-state index in [-0.39, 0.29) is 11.3 Å². The van der Waals surface area contributed by atoms with Crippen LogP contribution in [-0.2, 0) is 0 Å². The van der Waals surface area contributed by atoms with E-state index in [0.717, 1.165) is 0 Å². The summed E-state index contributed by atoms with van der Waals surface area (Å²) in [7, 11) is 0. The molecule has 4 heteroatoms. The third-order valence-electron chi connectivity index (χ3n) is 2.08. The molecule has 0 saturated carbocycles. The third kappa shape index (κ3) is 2.51. The van der Waals surface area contributed by atoms with Crippen LogP contribution in [0.4, 0.5) is 10.1 Å². The highest BCUT2D eigenvalue weighted by atomic mass is 19.1. The van der Waals surface area contributed by atoms with E-state index >= 15 is 0 Å². The molecule has 0 aliphatic heterocycles. The first-order valence-corrected chi connectivity index (χ1v) is 4.71. The topological polar surface area (TPSA) is 55.1 Å². The van der Waals surface area contributed by atoms with Crippen molar-refractivity contribution >= 4 is 11.6 Å². The van der Waals surface area contributed by atoms with Gasteiger partial charge in [-0.05, 0) is 26.0 Å². The lowest BCUT2D eigenvalue weighted by atomic mass is 10.1. The van der Waals surface area contributed by atoms with Gasteiger partial charge in [-0.15, -0.1) is 6.42 Å². The number of amides is 1. The summed E-state index contributed by atoms with van der Waals surface area (Å²) in [6, 6.07) is 4.06. The Bertz CT molecular complexity index is 461. The van der Waals surface area contributed by atoms with E-state index < -0.39 is 17.3 Å². The number of hydrogen-bond donors (Lipinski definition) is 2.